The molecule has 0 aromatic heterocycles. The van der Waals surface area contributed by atoms with Gasteiger partial charge in [-0.15, -0.1) is 0 Å². The first-order valence-electron chi connectivity index (χ1n) is 5.53. The van der Waals surface area contributed by atoms with Crippen LogP contribution in [0, 0.1) is 11.3 Å². The van der Waals surface area contributed by atoms with Crippen molar-refractivity contribution in [3.05, 3.63) is 35.9 Å². The first-order valence-corrected chi connectivity index (χ1v) is 5.53. The summed E-state index contributed by atoms with van der Waals surface area (Å²) in [6.07, 6.45) is 3.04. The number of nitrogens with one attached hydrogen (secondary N) is 1. The lowest BCUT2D eigenvalue weighted by molar-refractivity contribution is 0.570. The topological polar surface area (TPSA) is 35.8 Å². The third-order valence-corrected chi connectivity index (χ3v) is 2.44. The van der Waals surface area contributed by atoms with E-state index in [1.807, 2.05) is 13.0 Å². The van der Waals surface area contributed by atoms with Gasteiger partial charge in [0.25, 0.3) is 0 Å². The van der Waals surface area contributed by atoms with Gasteiger partial charge in [0.2, 0.25) is 0 Å². The Kier molecular flexibility index (Phi) is 5.50. The van der Waals surface area contributed by atoms with E-state index in [1.54, 1.807) is 0 Å². The summed E-state index contributed by atoms with van der Waals surface area (Å²) in [5.74, 6) is 0. The van der Waals surface area contributed by atoms with Gasteiger partial charge in [0.1, 0.15) is 0 Å². The fourth-order valence-corrected chi connectivity index (χ4v) is 1.49. The van der Waals surface area contributed by atoms with Gasteiger partial charge in [-0.1, -0.05) is 37.3 Å². The molecule has 0 aliphatic carbocycles. The normalized spacial score (nSPS) is 12.0. The Morgan fingerprint density at radius 1 is 1.33 bits per heavy atom. The Labute approximate surface area is 91.9 Å². The SMILES string of the molecule is CCC(C#N)NCCCc1ccccc1. The summed E-state index contributed by atoms with van der Waals surface area (Å²) in [6, 6.07) is 12.7. The van der Waals surface area contributed by atoms with Crippen LogP contribution < -0.4 is 5.32 Å². The minimum absolute atomic E-state index is 0.0146. The number of nitriles is 1. The zero-order valence-electron chi connectivity index (χ0n) is 9.24. The van der Waals surface area contributed by atoms with Crippen molar-refractivity contribution in [3.8, 4) is 6.07 Å². The van der Waals surface area contributed by atoms with E-state index in [9.17, 15) is 0 Å². The molecule has 0 heterocycles. The quantitative estimate of drug-likeness (QED) is 0.719. The van der Waals surface area contributed by atoms with E-state index in [-0.39, 0.29) is 6.04 Å². The molecular formula is C13H18N2. The summed E-state index contributed by atoms with van der Waals surface area (Å²) in [5.41, 5.74) is 1.37. The molecule has 2 heteroatoms. The monoisotopic (exact) mass is 202 g/mol. The van der Waals surface area contributed by atoms with Gasteiger partial charge in [-0.25, -0.2) is 0 Å². The maximum absolute atomic E-state index is 8.73. The van der Waals surface area contributed by atoms with Crippen molar-refractivity contribution in [2.75, 3.05) is 6.54 Å². The molecule has 1 unspecified atom stereocenters. The highest BCUT2D eigenvalue weighted by Crippen LogP contribution is 2.01. The predicted octanol–water partition coefficient (Wildman–Crippen LogP) is 2.51. The third kappa shape index (κ3) is 4.62. The smallest absolute Gasteiger partial charge is 0.0950 e. The Hall–Kier alpha value is -1.33. The lowest BCUT2D eigenvalue weighted by Gasteiger charge is -2.08. The van der Waals surface area contributed by atoms with Gasteiger partial charge < -0.3 is 5.32 Å². The lowest BCUT2D eigenvalue weighted by atomic mass is 10.1. The molecule has 1 atom stereocenters. The summed E-state index contributed by atoms with van der Waals surface area (Å²) in [4.78, 5) is 0. The van der Waals surface area contributed by atoms with Crippen LogP contribution in [0.5, 0.6) is 0 Å². The summed E-state index contributed by atoms with van der Waals surface area (Å²) in [6.45, 7) is 2.94. The van der Waals surface area contributed by atoms with E-state index in [0.29, 0.717) is 0 Å². The van der Waals surface area contributed by atoms with E-state index in [4.69, 9.17) is 5.26 Å². The highest BCUT2D eigenvalue weighted by molar-refractivity contribution is 5.14. The molecule has 2 nitrogen and oxygen atoms in total. The Morgan fingerprint density at radius 2 is 2.07 bits per heavy atom. The molecule has 80 valence electrons. The van der Waals surface area contributed by atoms with Crippen molar-refractivity contribution in [3.63, 3.8) is 0 Å². The summed E-state index contributed by atoms with van der Waals surface area (Å²) >= 11 is 0. The second kappa shape index (κ2) is 7.03. The average Bonchev–Trinajstić information content (AvgIpc) is 2.31. The van der Waals surface area contributed by atoms with Crippen LogP contribution in [0.4, 0.5) is 0 Å². The number of nitrogens with zero attached hydrogens (tertiary/aromatic N) is 1. The van der Waals surface area contributed by atoms with Crippen LogP contribution in [-0.2, 0) is 6.42 Å². The molecule has 1 aromatic rings. The highest BCUT2D eigenvalue weighted by Gasteiger charge is 2.01. The van der Waals surface area contributed by atoms with E-state index in [1.165, 1.54) is 5.56 Å². The van der Waals surface area contributed by atoms with Crippen LogP contribution >= 0.6 is 0 Å². The van der Waals surface area contributed by atoms with Gasteiger partial charge in [0, 0.05) is 0 Å². The van der Waals surface area contributed by atoms with Crippen LogP contribution in [0.15, 0.2) is 30.3 Å². The fourth-order valence-electron chi connectivity index (χ4n) is 1.49. The molecule has 15 heavy (non-hydrogen) atoms. The highest BCUT2D eigenvalue weighted by atomic mass is 14.9. The molecular weight excluding hydrogens is 184 g/mol. The van der Waals surface area contributed by atoms with Crippen LogP contribution in [0.25, 0.3) is 0 Å². The molecule has 0 amide bonds. The number of rotatable bonds is 6. The molecule has 0 aliphatic rings. The van der Waals surface area contributed by atoms with Gasteiger partial charge in [-0.05, 0) is 31.4 Å². The van der Waals surface area contributed by atoms with Gasteiger partial charge in [-0.3, -0.25) is 0 Å². The first kappa shape index (κ1) is 11.7. The maximum atomic E-state index is 8.73. The zero-order chi connectivity index (χ0) is 10.9. The van der Waals surface area contributed by atoms with Crippen LogP contribution in [0.1, 0.15) is 25.3 Å². The van der Waals surface area contributed by atoms with Crippen molar-refractivity contribution in [1.82, 2.24) is 5.32 Å². The van der Waals surface area contributed by atoms with Crippen molar-refractivity contribution in [1.29, 1.82) is 5.26 Å². The molecule has 1 rings (SSSR count). The molecule has 0 saturated heterocycles. The molecule has 1 N–H and O–H groups in total. The molecule has 0 radical (unpaired) electrons. The average molecular weight is 202 g/mol. The van der Waals surface area contributed by atoms with Gasteiger partial charge in [0.05, 0.1) is 12.1 Å². The molecule has 1 aromatic carbocycles. The largest absolute Gasteiger partial charge is 0.302 e. The second-order valence-electron chi connectivity index (χ2n) is 3.63. The standard InChI is InChI=1S/C13H18N2/c1-2-13(11-14)15-10-6-9-12-7-4-3-5-8-12/h3-5,7-8,13,15H,2,6,9-10H2,1H3. The minimum atomic E-state index is 0.0146. The second-order valence-corrected chi connectivity index (χ2v) is 3.63. The van der Waals surface area contributed by atoms with Crippen molar-refractivity contribution in [2.45, 2.75) is 32.2 Å². The zero-order valence-corrected chi connectivity index (χ0v) is 9.24. The predicted molar refractivity (Wildman–Crippen MR) is 62.5 cm³/mol. The minimum Gasteiger partial charge on any atom is -0.302 e. The molecule has 0 spiro atoms. The molecule has 0 bridgehead atoms. The Morgan fingerprint density at radius 3 is 2.67 bits per heavy atom. The van der Waals surface area contributed by atoms with E-state index in [0.717, 1.165) is 25.8 Å². The molecule has 0 aliphatic heterocycles. The lowest BCUT2D eigenvalue weighted by Crippen LogP contribution is -2.27. The molecule has 0 saturated carbocycles. The Balaban J connectivity index is 2.15. The van der Waals surface area contributed by atoms with Gasteiger partial charge in [0.15, 0.2) is 0 Å². The van der Waals surface area contributed by atoms with E-state index < -0.39 is 0 Å². The summed E-state index contributed by atoms with van der Waals surface area (Å²) in [7, 11) is 0. The van der Waals surface area contributed by atoms with Crippen molar-refractivity contribution < 1.29 is 0 Å². The Bertz CT molecular complexity index is 300. The van der Waals surface area contributed by atoms with Crippen molar-refractivity contribution >= 4 is 0 Å². The number of hydrogen-bond donors (Lipinski definition) is 1. The fraction of sp³-hybridized carbons (Fsp3) is 0.462. The number of hydrogen-bond acceptors (Lipinski definition) is 2. The van der Waals surface area contributed by atoms with Crippen LogP contribution in [-0.4, -0.2) is 12.6 Å². The van der Waals surface area contributed by atoms with Crippen LogP contribution in [0.2, 0.25) is 0 Å². The van der Waals surface area contributed by atoms with Gasteiger partial charge in [-0.2, -0.15) is 5.26 Å². The maximum Gasteiger partial charge on any atom is 0.0950 e. The molecule has 0 fully saturated rings. The van der Waals surface area contributed by atoms with E-state index in [2.05, 4.69) is 35.7 Å². The summed E-state index contributed by atoms with van der Waals surface area (Å²) in [5, 5.41) is 12.0. The third-order valence-electron chi connectivity index (χ3n) is 2.44. The van der Waals surface area contributed by atoms with Gasteiger partial charge >= 0.3 is 0 Å². The first-order chi connectivity index (χ1) is 7.36. The number of aryl methyl sites for hydroxylation is 1. The van der Waals surface area contributed by atoms with E-state index >= 15 is 0 Å². The van der Waals surface area contributed by atoms with Crippen LogP contribution in [0.3, 0.4) is 0 Å². The van der Waals surface area contributed by atoms with Crippen molar-refractivity contribution in [2.24, 2.45) is 0 Å². The summed E-state index contributed by atoms with van der Waals surface area (Å²) < 4.78 is 0. The number of benzene rings is 1.